The molecule has 2 aromatic rings. The Morgan fingerprint density at radius 2 is 2.33 bits per heavy atom. The zero-order chi connectivity index (χ0) is 13.1. The van der Waals surface area contributed by atoms with E-state index in [4.69, 9.17) is 0 Å². The number of hydrogen-bond acceptors (Lipinski definition) is 4. The van der Waals surface area contributed by atoms with Crippen molar-refractivity contribution < 1.29 is 4.39 Å². The number of pyridine rings is 1. The molecule has 0 saturated heterocycles. The Labute approximate surface area is 113 Å². The van der Waals surface area contributed by atoms with E-state index in [0.29, 0.717) is 16.8 Å². The van der Waals surface area contributed by atoms with Crippen LogP contribution in [0.5, 0.6) is 0 Å². The Balaban J connectivity index is 2.50. The lowest BCUT2D eigenvalue weighted by atomic mass is 10.1. The van der Waals surface area contributed by atoms with Crippen LogP contribution in [0.15, 0.2) is 22.9 Å². The molecule has 2 aromatic heterocycles. The van der Waals surface area contributed by atoms with E-state index in [-0.39, 0.29) is 11.9 Å². The van der Waals surface area contributed by atoms with Crippen LogP contribution in [0, 0.1) is 5.82 Å². The lowest BCUT2D eigenvalue weighted by Crippen LogP contribution is -2.26. The van der Waals surface area contributed by atoms with Gasteiger partial charge in [-0.1, -0.05) is 12.1 Å². The van der Waals surface area contributed by atoms with E-state index in [2.05, 4.69) is 36.5 Å². The molecular weight excluding hydrogens is 301 g/mol. The number of hydrogen-bond donors (Lipinski definition) is 1. The molecule has 2 rings (SSSR count). The topological polar surface area (TPSA) is 55.6 Å². The van der Waals surface area contributed by atoms with Crippen molar-refractivity contribution in [1.82, 2.24) is 25.3 Å². The average Bonchev–Trinajstić information content (AvgIpc) is 2.68. The first-order valence-corrected chi connectivity index (χ1v) is 6.33. The Kier molecular flexibility index (Phi) is 4.03. The van der Waals surface area contributed by atoms with E-state index in [0.717, 1.165) is 5.69 Å². The van der Waals surface area contributed by atoms with E-state index >= 15 is 0 Å². The smallest absolute Gasteiger partial charge is 0.153 e. The predicted octanol–water partition coefficient (Wildman–Crippen LogP) is 1.81. The van der Waals surface area contributed by atoms with Crippen LogP contribution in [0.3, 0.4) is 0 Å². The molecule has 0 aromatic carbocycles. The number of nitrogens with one attached hydrogen (secondary N) is 1. The molecule has 0 bridgehead atoms. The van der Waals surface area contributed by atoms with Gasteiger partial charge in [0.05, 0.1) is 17.4 Å². The zero-order valence-electron chi connectivity index (χ0n) is 10.1. The summed E-state index contributed by atoms with van der Waals surface area (Å²) in [5, 5.41) is 11.0. The Morgan fingerprint density at radius 3 is 2.89 bits per heavy atom. The minimum atomic E-state index is -0.384. The Bertz CT molecular complexity index is 522. The van der Waals surface area contributed by atoms with Gasteiger partial charge < -0.3 is 5.32 Å². The summed E-state index contributed by atoms with van der Waals surface area (Å²) in [6.07, 6.45) is 1.57. The third kappa shape index (κ3) is 2.41. The molecule has 2 heterocycles. The molecule has 1 N–H and O–H groups in total. The van der Waals surface area contributed by atoms with Crippen molar-refractivity contribution >= 4 is 15.9 Å². The van der Waals surface area contributed by atoms with Gasteiger partial charge in [0, 0.05) is 13.2 Å². The lowest BCUT2D eigenvalue weighted by Gasteiger charge is -2.18. The van der Waals surface area contributed by atoms with E-state index in [1.165, 1.54) is 6.07 Å². The first-order valence-electron chi connectivity index (χ1n) is 5.54. The van der Waals surface area contributed by atoms with E-state index in [9.17, 15) is 4.39 Å². The highest BCUT2D eigenvalue weighted by Crippen LogP contribution is 2.26. The first-order chi connectivity index (χ1) is 8.65. The normalized spacial score (nSPS) is 12.7. The number of halogens is 2. The minimum Gasteiger partial charge on any atom is -0.304 e. The molecule has 96 valence electrons. The molecule has 1 unspecified atom stereocenters. The third-order valence-electron chi connectivity index (χ3n) is 2.57. The van der Waals surface area contributed by atoms with E-state index in [1.54, 1.807) is 24.0 Å². The van der Waals surface area contributed by atoms with Crippen molar-refractivity contribution in [2.24, 2.45) is 7.05 Å². The highest BCUT2D eigenvalue weighted by molar-refractivity contribution is 9.10. The van der Waals surface area contributed by atoms with Crippen molar-refractivity contribution in [2.75, 3.05) is 6.54 Å². The van der Waals surface area contributed by atoms with Crippen LogP contribution in [0.2, 0.25) is 0 Å². The van der Waals surface area contributed by atoms with Gasteiger partial charge in [-0.25, -0.2) is 9.07 Å². The van der Waals surface area contributed by atoms with Crippen LogP contribution in [0.1, 0.15) is 24.4 Å². The Morgan fingerprint density at radius 1 is 1.56 bits per heavy atom. The van der Waals surface area contributed by atoms with Crippen LogP contribution < -0.4 is 5.32 Å². The second-order valence-corrected chi connectivity index (χ2v) is 4.50. The van der Waals surface area contributed by atoms with Crippen LogP contribution in [-0.4, -0.2) is 26.5 Å². The van der Waals surface area contributed by atoms with Gasteiger partial charge in [-0.3, -0.25) is 4.98 Å². The van der Waals surface area contributed by atoms with Crippen molar-refractivity contribution in [3.63, 3.8) is 0 Å². The van der Waals surface area contributed by atoms with Gasteiger partial charge in [0.25, 0.3) is 0 Å². The zero-order valence-corrected chi connectivity index (χ0v) is 11.6. The molecule has 0 aliphatic carbocycles. The Hall–Kier alpha value is -1.34. The van der Waals surface area contributed by atoms with Crippen LogP contribution >= 0.6 is 15.9 Å². The minimum absolute atomic E-state index is 0.338. The summed E-state index contributed by atoms with van der Waals surface area (Å²) >= 11 is 3.32. The van der Waals surface area contributed by atoms with Gasteiger partial charge in [-0.2, -0.15) is 0 Å². The molecule has 1 atom stereocenters. The summed E-state index contributed by atoms with van der Waals surface area (Å²) in [6, 6.07) is 2.58. The maximum atomic E-state index is 13.9. The number of aryl methyl sites for hydroxylation is 1. The second kappa shape index (κ2) is 5.53. The summed E-state index contributed by atoms with van der Waals surface area (Å²) in [5.74, 6) is -0.350. The van der Waals surface area contributed by atoms with Gasteiger partial charge in [0.15, 0.2) is 4.60 Å². The first kappa shape index (κ1) is 13.1. The van der Waals surface area contributed by atoms with E-state index in [1.807, 2.05) is 6.92 Å². The summed E-state index contributed by atoms with van der Waals surface area (Å²) < 4.78 is 16.0. The average molecular weight is 314 g/mol. The molecule has 0 aliphatic rings. The fourth-order valence-corrected chi connectivity index (χ4v) is 2.34. The fourth-order valence-electron chi connectivity index (χ4n) is 1.78. The highest BCUT2D eigenvalue weighted by Gasteiger charge is 2.24. The van der Waals surface area contributed by atoms with Crippen LogP contribution in [0.4, 0.5) is 4.39 Å². The third-order valence-corrected chi connectivity index (χ3v) is 3.13. The summed E-state index contributed by atoms with van der Waals surface area (Å²) in [7, 11) is 1.76. The van der Waals surface area contributed by atoms with Crippen LogP contribution in [0.25, 0.3) is 0 Å². The largest absolute Gasteiger partial charge is 0.304 e. The van der Waals surface area contributed by atoms with E-state index < -0.39 is 0 Å². The van der Waals surface area contributed by atoms with Crippen LogP contribution in [-0.2, 0) is 7.05 Å². The summed E-state index contributed by atoms with van der Waals surface area (Å²) in [4.78, 5) is 4.11. The van der Waals surface area contributed by atoms with Crippen molar-refractivity contribution in [2.45, 2.75) is 13.0 Å². The van der Waals surface area contributed by atoms with Gasteiger partial charge in [0.1, 0.15) is 5.82 Å². The molecule has 0 saturated carbocycles. The fraction of sp³-hybridized carbons (Fsp3) is 0.364. The number of rotatable bonds is 4. The van der Waals surface area contributed by atoms with Gasteiger partial charge in [0.2, 0.25) is 0 Å². The second-order valence-electron chi connectivity index (χ2n) is 3.75. The SMILES string of the molecule is CCNC(c1ncccc1F)c1c(Br)nnn1C. The molecular formula is C11H13BrFN5. The highest BCUT2D eigenvalue weighted by atomic mass is 79.9. The maximum Gasteiger partial charge on any atom is 0.153 e. The van der Waals surface area contributed by atoms with Gasteiger partial charge in [-0.05, 0) is 34.6 Å². The molecule has 0 fully saturated rings. The molecule has 0 aliphatic heterocycles. The van der Waals surface area contributed by atoms with Crippen molar-refractivity contribution in [1.29, 1.82) is 0 Å². The molecule has 0 radical (unpaired) electrons. The van der Waals surface area contributed by atoms with Crippen molar-refractivity contribution in [3.05, 3.63) is 40.1 Å². The number of nitrogens with zero attached hydrogens (tertiary/aromatic N) is 4. The van der Waals surface area contributed by atoms with Gasteiger partial charge >= 0.3 is 0 Å². The molecule has 5 nitrogen and oxygen atoms in total. The summed E-state index contributed by atoms with van der Waals surface area (Å²) in [6.45, 7) is 2.63. The lowest BCUT2D eigenvalue weighted by molar-refractivity contribution is 0.515. The molecule has 0 amide bonds. The predicted molar refractivity (Wildman–Crippen MR) is 68.4 cm³/mol. The standard InChI is InChI=1S/C11H13BrFN5/c1-3-14-9(8-7(13)5-4-6-15-8)10-11(12)16-17-18(10)2/h4-6,9,14H,3H2,1-2H3. The van der Waals surface area contributed by atoms with Gasteiger partial charge in [-0.15, -0.1) is 5.10 Å². The summed E-state index contributed by atoms with van der Waals surface area (Å²) in [5.41, 5.74) is 1.08. The molecule has 7 heteroatoms. The van der Waals surface area contributed by atoms with Crippen molar-refractivity contribution in [3.8, 4) is 0 Å². The maximum absolute atomic E-state index is 13.9. The quantitative estimate of drug-likeness (QED) is 0.935. The monoisotopic (exact) mass is 313 g/mol. The molecule has 18 heavy (non-hydrogen) atoms. The number of aromatic nitrogens is 4. The molecule has 0 spiro atoms.